The third-order valence-electron chi connectivity index (χ3n) is 4.61. The van der Waals surface area contributed by atoms with Gasteiger partial charge in [-0.05, 0) is 49.7 Å². The molecule has 2 atom stereocenters. The summed E-state index contributed by atoms with van der Waals surface area (Å²) in [4.78, 5) is 6.02. The Bertz CT molecular complexity index is 634. The average Bonchev–Trinajstić information content (AvgIpc) is 2.92. The monoisotopic (exact) mass is 285 g/mol. The molecular formula is C17H19NOS. The van der Waals surface area contributed by atoms with E-state index in [-0.39, 0.29) is 6.10 Å². The van der Waals surface area contributed by atoms with E-state index in [0.717, 1.165) is 29.8 Å². The molecule has 1 aromatic heterocycles. The zero-order valence-corrected chi connectivity index (χ0v) is 12.3. The molecule has 2 aliphatic rings. The quantitative estimate of drug-likeness (QED) is 0.859. The van der Waals surface area contributed by atoms with E-state index >= 15 is 0 Å². The summed E-state index contributed by atoms with van der Waals surface area (Å²) in [5.74, 6) is 0.447. The van der Waals surface area contributed by atoms with Gasteiger partial charge in [0.2, 0.25) is 0 Å². The van der Waals surface area contributed by atoms with Crippen LogP contribution in [0.1, 0.15) is 64.4 Å². The number of benzene rings is 1. The molecule has 0 aliphatic heterocycles. The number of rotatable bonds is 1. The summed E-state index contributed by atoms with van der Waals surface area (Å²) in [5, 5.41) is 11.4. The van der Waals surface area contributed by atoms with Gasteiger partial charge in [0, 0.05) is 5.92 Å². The van der Waals surface area contributed by atoms with E-state index in [4.69, 9.17) is 4.98 Å². The molecular weight excluding hydrogens is 266 g/mol. The summed E-state index contributed by atoms with van der Waals surface area (Å²) >= 11 is 1.75. The SMILES string of the molecule is OC1CCCc2nc(C3CCCc4ccccc43)sc21. The molecule has 2 aliphatic carbocycles. The summed E-state index contributed by atoms with van der Waals surface area (Å²) < 4.78 is 0. The lowest BCUT2D eigenvalue weighted by Crippen LogP contribution is -2.10. The minimum atomic E-state index is -0.274. The van der Waals surface area contributed by atoms with Crippen molar-refractivity contribution in [1.29, 1.82) is 0 Å². The number of aryl methyl sites for hydroxylation is 2. The van der Waals surface area contributed by atoms with Crippen molar-refractivity contribution in [3.8, 4) is 0 Å². The van der Waals surface area contributed by atoms with Gasteiger partial charge in [0.25, 0.3) is 0 Å². The predicted octanol–water partition coefficient (Wildman–Crippen LogP) is 3.98. The first-order valence-corrected chi connectivity index (χ1v) is 8.40. The van der Waals surface area contributed by atoms with Crippen molar-refractivity contribution in [3.05, 3.63) is 51.0 Å². The third kappa shape index (κ3) is 2.00. The van der Waals surface area contributed by atoms with Crippen LogP contribution in [-0.2, 0) is 12.8 Å². The van der Waals surface area contributed by atoms with Crippen molar-refractivity contribution in [2.24, 2.45) is 0 Å². The number of thiazole rings is 1. The number of hydrogen-bond donors (Lipinski definition) is 1. The fourth-order valence-corrected chi connectivity index (χ4v) is 4.86. The molecule has 0 fully saturated rings. The molecule has 0 amide bonds. The molecule has 0 saturated carbocycles. The van der Waals surface area contributed by atoms with Crippen LogP contribution in [0.25, 0.3) is 0 Å². The van der Waals surface area contributed by atoms with Gasteiger partial charge in [-0.3, -0.25) is 0 Å². The fourth-order valence-electron chi connectivity index (χ4n) is 3.58. The van der Waals surface area contributed by atoms with Gasteiger partial charge in [0.15, 0.2) is 0 Å². The maximum absolute atomic E-state index is 10.1. The van der Waals surface area contributed by atoms with Crippen LogP contribution in [-0.4, -0.2) is 10.1 Å². The van der Waals surface area contributed by atoms with Gasteiger partial charge < -0.3 is 5.11 Å². The van der Waals surface area contributed by atoms with Crippen LogP contribution in [0.2, 0.25) is 0 Å². The number of aliphatic hydroxyl groups excluding tert-OH is 1. The molecule has 2 nitrogen and oxygen atoms in total. The van der Waals surface area contributed by atoms with Gasteiger partial charge in [-0.25, -0.2) is 4.98 Å². The van der Waals surface area contributed by atoms with E-state index in [1.54, 1.807) is 11.3 Å². The Morgan fingerprint density at radius 1 is 1.10 bits per heavy atom. The van der Waals surface area contributed by atoms with Gasteiger partial charge in [-0.1, -0.05) is 24.3 Å². The second-order valence-corrected chi connectivity index (χ2v) is 6.98. The first-order chi connectivity index (χ1) is 9.83. The number of fused-ring (bicyclic) bond motifs is 2. The van der Waals surface area contributed by atoms with E-state index in [1.807, 2.05) is 0 Å². The van der Waals surface area contributed by atoms with Crippen LogP contribution in [0.3, 0.4) is 0 Å². The maximum Gasteiger partial charge on any atom is 0.101 e. The number of hydrogen-bond acceptors (Lipinski definition) is 3. The maximum atomic E-state index is 10.1. The lowest BCUT2D eigenvalue weighted by Gasteiger charge is -2.23. The van der Waals surface area contributed by atoms with Crippen molar-refractivity contribution in [2.75, 3.05) is 0 Å². The zero-order chi connectivity index (χ0) is 13.5. The van der Waals surface area contributed by atoms with Crippen molar-refractivity contribution < 1.29 is 5.11 Å². The summed E-state index contributed by atoms with van der Waals surface area (Å²) in [6.07, 6.45) is 6.36. The molecule has 104 valence electrons. The molecule has 0 saturated heterocycles. The minimum absolute atomic E-state index is 0.274. The first kappa shape index (κ1) is 12.5. The smallest absolute Gasteiger partial charge is 0.101 e. The van der Waals surface area contributed by atoms with Crippen LogP contribution >= 0.6 is 11.3 Å². The molecule has 0 bridgehead atoms. The Hall–Kier alpha value is -1.19. The highest BCUT2D eigenvalue weighted by Gasteiger charge is 2.28. The molecule has 2 aromatic rings. The lowest BCUT2D eigenvalue weighted by atomic mass is 9.83. The van der Waals surface area contributed by atoms with Crippen molar-refractivity contribution in [2.45, 2.75) is 50.5 Å². The molecule has 20 heavy (non-hydrogen) atoms. The summed E-state index contributed by atoms with van der Waals surface area (Å²) in [7, 11) is 0. The standard InChI is InChI=1S/C17H19NOS/c19-15-10-4-9-14-16(15)20-17(18-14)13-8-3-6-11-5-1-2-7-12(11)13/h1-2,5,7,13,15,19H,3-4,6,8-10H2. The van der Waals surface area contributed by atoms with E-state index in [1.165, 1.54) is 35.4 Å². The average molecular weight is 285 g/mol. The summed E-state index contributed by atoms with van der Waals surface area (Å²) in [6, 6.07) is 8.79. The second-order valence-electron chi connectivity index (χ2n) is 5.91. The van der Waals surface area contributed by atoms with Gasteiger partial charge in [-0.2, -0.15) is 0 Å². The van der Waals surface area contributed by atoms with Gasteiger partial charge in [0.1, 0.15) is 5.01 Å². The molecule has 4 rings (SSSR count). The number of nitrogens with zero attached hydrogens (tertiary/aromatic N) is 1. The van der Waals surface area contributed by atoms with Crippen LogP contribution in [0.15, 0.2) is 24.3 Å². The highest BCUT2D eigenvalue weighted by atomic mass is 32.1. The molecule has 1 N–H and O–H groups in total. The van der Waals surface area contributed by atoms with Crippen LogP contribution in [0.4, 0.5) is 0 Å². The minimum Gasteiger partial charge on any atom is -0.388 e. The van der Waals surface area contributed by atoms with Crippen LogP contribution in [0.5, 0.6) is 0 Å². The Labute approximate surface area is 123 Å². The first-order valence-electron chi connectivity index (χ1n) is 7.58. The van der Waals surface area contributed by atoms with Crippen molar-refractivity contribution in [3.63, 3.8) is 0 Å². The highest BCUT2D eigenvalue weighted by Crippen LogP contribution is 2.42. The molecule has 3 heteroatoms. The fraction of sp³-hybridized carbons (Fsp3) is 0.471. The van der Waals surface area contributed by atoms with Crippen molar-refractivity contribution >= 4 is 11.3 Å². The lowest BCUT2D eigenvalue weighted by molar-refractivity contribution is 0.160. The third-order valence-corrected chi connectivity index (χ3v) is 5.92. The van der Waals surface area contributed by atoms with E-state index < -0.39 is 0 Å². The Balaban J connectivity index is 1.76. The Morgan fingerprint density at radius 2 is 1.95 bits per heavy atom. The molecule has 1 heterocycles. The van der Waals surface area contributed by atoms with Gasteiger partial charge in [0.05, 0.1) is 16.7 Å². The van der Waals surface area contributed by atoms with Gasteiger partial charge >= 0.3 is 0 Å². The largest absolute Gasteiger partial charge is 0.388 e. The molecule has 0 radical (unpaired) electrons. The molecule has 2 unspecified atom stereocenters. The normalized spacial score (nSPS) is 25.1. The van der Waals surface area contributed by atoms with E-state index in [0.29, 0.717) is 5.92 Å². The van der Waals surface area contributed by atoms with Crippen molar-refractivity contribution in [1.82, 2.24) is 4.98 Å². The van der Waals surface area contributed by atoms with E-state index in [9.17, 15) is 5.11 Å². The van der Waals surface area contributed by atoms with E-state index in [2.05, 4.69) is 24.3 Å². The highest BCUT2D eigenvalue weighted by molar-refractivity contribution is 7.12. The molecule has 1 aromatic carbocycles. The number of aliphatic hydroxyl groups is 1. The summed E-state index contributed by atoms with van der Waals surface area (Å²) in [6.45, 7) is 0. The Kier molecular flexibility index (Phi) is 3.12. The topological polar surface area (TPSA) is 33.1 Å². The van der Waals surface area contributed by atoms with Gasteiger partial charge in [-0.15, -0.1) is 11.3 Å². The summed E-state index contributed by atoms with van der Waals surface area (Å²) in [5.41, 5.74) is 4.10. The number of aromatic nitrogens is 1. The Morgan fingerprint density at radius 3 is 2.85 bits per heavy atom. The predicted molar refractivity (Wildman–Crippen MR) is 81.2 cm³/mol. The van der Waals surface area contributed by atoms with Crippen LogP contribution in [0, 0.1) is 0 Å². The second kappa shape index (κ2) is 4.97. The van der Waals surface area contributed by atoms with Crippen LogP contribution < -0.4 is 0 Å². The molecule has 0 spiro atoms. The zero-order valence-electron chi connectivity index (χ0n) is 11.5.